The molecule has 1 fully saturated rings. The predicted molar refractivity (Wildman–Crippen MR) is 113 cm³/mol. The van der Waals surface area contributed by atoms with Gasteiger partial charge in [-0.1, -0.05) is 12.1 Å². The summed E-state index contributed by atoms with van der Waals surface area (Å²) in [5.74, 6) is 0.398. The van der Waals surface area contributed by atoms with Crippen molar-refractivity contribution in [3.63, 3.8) is 0 Å². The molecule has 0 aliphatic carbocycles. The van der Waals surface area contributed by atoms with Crippen LogP contribution in [0.25, 0.3) is 0 Å². The zero-order chi connectivity index (χ0) is 20.1. The number of anilines is 2. The lowest BCUT2D eigenvalue weighted by atomic mass is 10.2. The minimum atomic E-state index is -0.0525. The van der Waals surface area contributed by atoms with E-state index < -0.39 is 0 Å². The van der Waals surface area contributed by atoms with Gasteiger partial charge in [0.2, 0.25) is 5.95 Å². The molecule has 0 saturated carbocycles. The maximum atomic E-state index is 12.9. The molecule has 148 valence electrons. The van der Waals surface area contributed by atoms with Crippen molar-refractivity contribution in [1.29, 1.82) is 0 Å². The molecule has 4 rings (SSSR count). The van der Waals surface area contributed by atoms with Crippen LogP contribution in [-0.4, -0.2) is 51.9 Å². The van der Waals surface area contributed by atoms with Crippen molar-refractivity contribution in [3.8, 4) is 0 Å². The zero-order valence-electron chi connectivity index (χ0n) is 16.5. The Balaban J connectivity index is 1.36. The Labute approximate surface area is 170 Å². The molecular formula is C22H24N6O. The molecule has 1 N–H and O–H groups in total. The van der Waals surface area contributed by atoms with E-state index in [2.05, 4.69) is 56.4 Å². The average Bonchev–Trinajstić information content (AvgIpc) is 2.78. The minimum absolute atomic E-state index is 0.0525. The number of pyridine rings is 1. The second-order valence-corrected chi connectivity index (χ2v) is 7.09. The predicted octanol–water partition coefficient (Wildman–Crippen LogP) is 2.75. The Morgan fingerprint density at radius 1 is 1.03 bits per heavy atom. The molecule has 0 unspecified atom stereocenters. The van der Waals surface area contributed by atoms with E-state index in [9.17, 15) is 4.79 Å². The van der Waals surface area contributed by atoms with Crippen molar-refractivity contribution in [2.45, 2.75) is 13.5 Å². The van der Waals surface area contributed by atoms with Crippen LogP contribution in [0, 0.1) is 6.92 Å². The van der Waals surface area contributed by atoms with Gasteiger partial charge in [-0.2, -0.15) is 0 Å². The number of rotatable bonds is 5. The number of aromatic nitrogens is 3. The van der Waals surface area contributed by atoms with Gasteiger partial charge in [-0.15, -0.1) is 0 Å². The number of hydrogen-bond acceptors (Lipinski definition) is 6. The highest BCUT2D eigenvalue weighted by Gasteiger charge is 2.23. The molecule has 0 bridgehead atoms. The lowest BCUT2D eigenvalue weighted by molar-refractivity contribution is 0.0741. The second kappa shape index (κ2) is 8.68. The number of amides is 1. The Hall–Kier alpha value is -3.48. The van der Waals surface area contributed by atoms with E-state index in [0.717, 1.165) is 18.7 Å². The first-order chi connectivity index (χ1) is 14.2. The van der Waals surface area contributed by atoms with Gasteiger partial charge < -0.3 is 15.1 Å². The summed E-state index contributed by atoms with van der Waals surface area (Å²) in [7, 11) is 0. The van der Waals surface area contributed by atoms with Crippen LogP contribution in [0.3, 0.4) is 0 Å². The van der Waals surface area contributed by atoms with Gasteiger partial charge in [0.05, 0.1) is 0 Å². The van der Waals surface area contributed by atoms with E-state index in [-0.39, 0.29) is 5.91 Å². The molecule has 0 radical (unpaired) electrons. The van der Waals surface area contributed by atoms with Crippen LogP contribution in [0.2, 0.25) is 0 Å². The summed E-state index contributed by atoms with van der Waals surface area (Å²) in [6.45, 7) is 5.65. The molecule has 29 heavy (non-hydrogen) atoms. The SMILES string of the molecule is Cc1cccc(N2CCN(C(=O)c3ccnc(NCc4ccncc4)n3)CC2)c1. The number of carbonyl (C=O) groups is 1. The van der Waals surface area contributed by atoms with Crippen molar-refractivity contribution < 1.29 is 4.79 Å². The monoisotopic (exact) mass is 388 g/mol. The lowest BCUT2D eigenvalue weighted by Gasteiger charge is -2.36. The number of carbonyl (C=O) groups excluding carboxylic acids is 1. The molecular weight excluding hydrogens is 364 g/mol. The molecule has 7 heteroatoms. The van der Waals surface area contributed by atoms with Crippen LogP contribution < -0.4 is 10.2 Å². The standard InChI is InChI=1S/C22H24N6O/c1-17-3-2-4-19(15-17)27-11-13-28(14-12-27)21(29)20-7-10-24-22(26-20)25-16-18-5-8-23-9-6-18/h2-10,15H,11-14,16H2,1H3,(H,24,25,26). The summed E-state index contributed by atoms with van der Waals surface area (Å²) in [6.07, 6.45) is 5.11. The summed E-state index contributed by atoms with van der Waals surface area (Å²) in [5.41, 5.74) is 3.95. The first-order valence-electron chi connectivity index (χ1n) is 9.76. The Morgan fingerprint density at radius 3 is 2.59 bits per heavy atom. The van der Waals surface area contributed by atoms with Crippen molar-refractivity contribution in [1.82, 2.24) is 19.9 Å². The molecule has 2 aromatic heterocycles. The number of piperazine rings is 1. The molecule has 0 atom stereocenters. The molecule has 3 aromatic rings. The van der Waals surface area contributed by atoms with Crippen LogP contribution >= 0.6 is 0 Å². The Morgan fingerprint density at radius 2 is 1.83 bits per heavy atom. The van der Waals surface area contributed by atoms with Crippen LogP contribution in [0.1, 0.15) is 21.6 Å². The third-order valence-corrected chi connectivity index (χ3v) is 5.01. The van der Waals surface area contributed by atoms with Crippen LogP contribution in [0.15, 0.2) is 61.1 Å². The number of aryl methyl sites for hydroxylation is 1. The van der Waals surface area contributed by atoms with Gasteiger partial charge in [-0.3, -0.25) is 9.78 Å². The fourth-order valence-electron chi connectivity index (χ4n) is 3.40. The largest absolute Gasteiger partial charge is 0.368 e. The van der Waals surface area contributed by atoms with Gasteiger partial charge in [-0.25, -0.2) is 9.97 Å². The minimum Gasteiger partial charge on any atom is -0.368 e. The molecule has 1 saturated heterocycles. The van der Waals surface area contributed by atoms with E-state index in [0.29, 0.717) is 31.3 Å². The smallest absolute Gasteiger partial charge is 0.272 e. The maximum absolute atomic E-state index is 12.9. The summed E-state index contributed by atoms with van der Waals surface area (Å²) in [5, 5.41) is 3.16. The van der Waals surface area contributed by atoms with Gasteiger partial charge in [0, 0.05) is 57.0 Å². The molecule has 1 aliphatic rings. The van der Waals surface area contributed by atoms with E-state index in [1.807, 2.05) is 17.0 Å². The lowest BCUT2D eigenvalue weighted by Crippen LogP contribution is -2.49. The van der Waals surface area contributed by atoms with Gasteiger partial charge in [0.25, 0.3) is 5.91 Å². The number of hydrogen-bond donors (Lipinski definition) is 1. The highest BCUT2D eigenvalue weighted by atomic mass is 16.2. The van der Waals surface area contributed by atoms with Crippen molar-refractivity contribution >= 4 is 17.5 Å². The highest BCUT2D eigenvalue weighted by molar-refractivity contribution is 5.92. The number of nitrogens with one attached hydrogen (secondary N) is 1. The molecule has 1 aromatic carbocycles. The quantitative estimate of drug-likeness (QED) is 0.724. The van der Waals surface area contributed by atoms with Gasteiger partial charge in [0.15, 0.2) is 0 Å². The summed E-state index contributed by atoms with van der Waals surface area (Å²) in [4.78, 5) is 29.7. The first kappa shape index (κ1) is 18.9. The molecule has 1 aliphatic heterocycles. The fourth-order valence-corrected chi connectivity index (χ4v) is 3.40. The molecule has 7 nitrogen and oxygen atoms in total. The van der Waals surface area contributed by atoms with Crippen LogP contribution in [0.5, 0.6) is 0 Å². The van der Waals surface area contributed by atoms with E-state index in [1.54, 1.807) is 24.7 Å². The third-order valence-electron chi connectivity index (χ3n) is 5.01. The highest BCUT2D eigenvalue weighted by Crippen LogP contribution is 2.18. The summed E-state index contributed by atoms with van der Waals surface area (Å²) in [6, 6.07) is 14.0. The second-order valence-electron chi connectivity index (χ2n) is 7.09. The number of nitrogens with zero attached hydrogens (tertiary/aromatic N) is 5. The normalized spacial score (nSPS) is 14.0. The van der Waals surface area contributed by atoms with Crippen LogP contribution in [-0.2, 0) is 6.54 Å². The fraction of sp³-hybridized carbons (Fsp3) is 0.273. The topological polar surface area (TPSA) is 74.2 Å². The summed E-state index contributed by atoms with van der Waals surface area (Å²) >= 11 is 0. The zero-order valence-corrected chi connectivity index (χ0v) is 16.5. The van der Waals surface area contributed by atoms with Crippen molar-refractivity contribution in [3.05, 3.63) is 77.9 Å². The van der Waals surface area contributed by atoms with E-state index in [4.69, 9.17) is 0 Å². The number of benzene rings is 1. The molecule has 1 amide bonds. The summed E-state index contributed by atoms with van der Waals surface area (Å²) < 4.78 is 0. The first-order valence-corrected chi connectivity index (χ1v) is 9.76. The van der Waals surface area contributed by atoms with Crippen molar-refractivity contribution in [2.75, 3.05) is 36.4 Å². The third kappa shape index (κ3) is 4.68. The van der Waals surface area contributed by atoms with E-state index >= 15 is 0 Å². The van der Waals surface area contributed by atoms with Crippen molar-refractivity contribution in [2.24, 2.45) is 0 Å². The van der Waals surface area contributed by atoms with Gasteiger partial charge in [-0.05, 0) is 48.4 Å². The van der Waals surface area contributed by atoms with E-state index in [1.165, 1.54) is 11.3 Å². The van der Waals surface area contributed by atoms with Gasteiger partial charge >= 0.3 is 0 Å². The average molecular weight is 388 g/mol. The van der Waals surface area contributed by atoms with Crippen LogP contribution in [0.4, 0.5) is 11.6 Å². The molecule has 0 spiro atoms. The Kier molecular flexibility index (Phi) is 5.65. The molecule has 3 heterocycles. The maximum Gasteiger partial charge on any atom is 0.272 e. The Bertz CT molecular complexity index is 970. The van der Waals surface area contributed by atoms with Gasteiger partial charge in [0.1, 0.15) is 5.69 Å².